The molecular formula is C78H152O17P2. The molecule has 0 heterocycles. The minimum Gasteiger partial charge on any atom is -0.462 e. The molecule has 19 heteroatoms. The zero-order valence-corrected chi connectivity index (χ0v) is 65.3. The summed E-state index contributed by atoms with van der Waals surface area (Å²) in [5, 5.41) is 10.6. The Bertz CT molecular complexity index is 1890. The van der Waals surface area contributed by atoms with Gasteiger partial charge in [0.1, 0.15) is 19.3 Å². The lowest BCUT2D eigenvalue weighted by Gasteiger charge is -2.21. The predicted octanol–water partition coefficient (Wildman–Crippen LogP) is 23.0. The molecule has 0 bridgehead atoms. The molecule has 0 aliphatic heterocycles. The van der Waals surface area contributed by atoms with Crippen LogP contribution in [0.1, 0.15) is 402 Å². The number of hydrogen-bond acceptors (Lipinski definition) is 15. The zero-order valence-electron chi connectivity index (χ0n) is 63.5. The lowest BCUT2D eigenvalue weighted by atomic mass is 9.99. The summed E-state index contributed by atoms with van der Waals surface area (Å²) in [6, 6.07) is 0. The van der Waals surface area contributed by atoms with Crippen LogP contribution in [-0.2, 0) is 65.4 Å². The summed E-state index contributed by atoms with van der Waals surface area (Å²) < 4.78 is 68.6. The summed E-state index contributed by atoms with van der Waals surface area (Å²) >= 11 is 0. The molecule has 8 atom stereocenters. The fraction of sp³-hybridized carbons (Fsp3) is 0.949. The second kappa shape index (κ2) is 68.5. The molecule has 5 unspecified atom stereocenters. The van der Waals surface area contributed by atoms with Crippen molar-refractivity contribution in [1.82, 2.24) is 0 Å². The molecule has 0 spiro atoms. The molecule has 0 radical (unpaired) electrons. The summed E-state index contributed by atoms with van der Waals surface area (Å²) in [5.74, 6) is 0.227. The third-order valence-corrected chi connectivity index (χ3v) is 21.1. The Kier molecular flexibility index (Phi) is 67.1. The average Bonchev–Trinajstić information content (AvgIpc) is 1.37. The van der Waals surface area contributed by atoms with Gasteiger partial charge in [0.2, 0.25) is 0 Å². The Balaban J connectivity index is 5.25. The highest BCUT2D eigenvalue weighted by molar-refractivity contribution is 7.47. The summed E-state index contributed by atoms with van der Waals surface area (Å²) in [6.45, 7) is 11.9. The van der Waals surface area contributed by atoms with E-state index in [0.717, 1.165) is 114 Å². The van der Waals surface area contributed by atoms with Gasteiger partial charge in [-0.15, -0.1) is 0 Å². The molecule has 97 heavy (non-hydrogen) atoms. The van der Waals surface area contributed by atoms with E-state index in [9.17, 15) is 43.2 Å². The average molecular weight is 1420 g/mol. The Hall–Kier alpha value is -1.94. The van der Waals surface area contributed by atoms with Gasteiger partial charge in [-0.25, -0.2) is 9.13 Å². The van der Waals surface area contributed by atoms with Gasteiger partial charge >= 0.3 is 39.5 Å². The van der Waals surface area contributed by atoms with Gasteiger partial charge in [0.15, 0.2) is 12.2 Å². The zero-order chi connectivity index (χ0) is 71.6. The molecule has 0 aromatic carbocycles. The molecule has 0 amide bonds. The van der Waals surface area contributed by atoms with Gasteiger partial charge in [0, 0.05) is 25.7 Å². The van der Waals surface area contributed by atoms with Gasteiger partial charge in [-0.2, -0.15) is 0 Å². The van der Waals surface area contributed by atoms with Crippen LogP contribution in [0, 0.1) is 17.8 Å². The molecule has 17 nitrogen and oxygen atoms in total. The predicted molar refractivity (Wildman–Crippen MR) is 395 cm³/mol. The van der Waals surface area contributed by atoms with E-state index in [-0.39, 0.29) is 25.7 Å². The Morgan fingerprint density at radius 1 is 0.289 bits per heavy atom. The number of carbonyl (C=O) groups is 4. The van der Waals surface area contributed by atoms with Crippen molar-refractivity contribution in [1.29, 1.82) is 0 Å². The maximum atomic E-state index is 13.1. The lowest BCUT2D eigenvalue weighted by molar-refractivity contribution is -0.161. The van der Waals surface area contributed by atoms with E-state index >= 15 is 0 Å². The van der Waals surface area contributed by atoms with Crippen LogP contribution in [0.4, 0.5) is 0 Å². The third kappa shape index (κ3) is 68.3. The van der Waals surface area contributed by atoms with Crippen molar-refractivity contribution in [2.45, 2.75) is 420 Å². The number of hydrogen-bond donors (Lipinski definition) is 3. The number of rotatable bonds is 76. The molecule has 3 N–H and O–H groups in total. The van der Waals surface area contributed by atoms with E-state index in [0.29, 0.717) is 25.7 Å². The van der Waals surface area contributed by atoms with E-state index in [2.05, 4.69) is 48.5 Å². The molecule has 0 rings (SSSR count). The molecule has 0 fully saturated rings. The van der Waals surface area contributed by atoms with Crippen LogP contribution >= 0.6 is 15.6 Å². The Morgan fingerprint density at radius 3 is 0.732 bits per heavy atom. The second-order valence-corrected chi connectivity index (χ2v) is 31.7. The number of carbonyl (C=O) groups excluding carboxylic acids is 4. The van der Waals surface area contributed by atoms with Gasteiger partial charge in [-0.1, -0.05) is 350 Å². The van der Waals surface area contributed by atoms with Crippen molar-refractivity contribution in [3.63, 3.8) is 0 Å². The normalized spacial score (nSPS) is 14.9. The van der Waals surface area contributed by atoms with E-state index in [4.69, 9.17) is 37.0 Å². The van der Waals surface area contributed by atoms with Crippen molar-refractivity contribution in [2.75, 3.05) is 39.6 Å². The van der Waals surface area contributed by atoms with Crippen LogP contribution < -0.4 is 0 Å². The molecule has 0 saturated heterocycles. The van der Waals surface area contributed by atoms with Crippen molar-refractivity contribution in [2.24, 2.45) is 17.8 Å². The van der Waals surface area contributed by atoms with Crippen molar-refractivity contribution >= 4 is 39.5 Å². The molecule has 0 aromatic rings. The van der Waals surface area contributed by atoms with E-state index in [1.54, 1.807) is 0 Å². The number of esters is 4. The first-order valence-corrected chi connectivity index (χ1v) is 43.5. The maximum Gasteiger partial charge on any atom is 0.472 e. The van der Waals surface area contributed by atoms with Crippen molar-refractivity contribution < 1.29 is 80.2 Å². The minimum absolute atomic E-state index is 0.105. The standard InChI is InChI=1S/C78H152O17P2/c1-8-12-13-14-15-16-17-18-19-20-21-22-23-24-25-33-38-47-54-61-77(82)94-73(65-88-75(80)59-52-45-37-32-28-26-30-35-42-49-56-69(5)9-2)67-92-96(84,85)90-63-72(79)64-91-97(86,87)93-68-74(66-89-76(81)60-53-46-41-40-44-51-58-71(7)11-4)95-78(83)62-55-48-39-34-29-27-31-36-43-50-57-70(6)10-3/h69-74,79H,8-68H2,1-7H3,(H,84,85)(H,86,87)/t69?,70?,71?,72-,73-,74-/m1/s1. The fourth-order valence-corrected chi connectivity index (χ4v) is 13.4. The molecule has 0 aliphatic rings. The SMILES string of the molecule is CCCCCCCCCCCCCCCCCCCCCC(=O)O[C@H](COC(=O)CCCCCCCCCCCCC(C)CC)COP(=O)(O)OC[C@@H](O)COP(=O)(O)OC[C@@H](COC(=O)CCCCCCCCC(C)CC)OC(=O)CCCCCCCCCCCCC(C)CC. The van der Waals surface area contributed by atoms with E-state index < -0.39 is 97.5 Å². The van der Waals surface area contributed by atoms with Crippen LogP contribution in [0.3, 0.4) is 0 Å². The highest BCUT2D eigenvalue weighted by atomic mass is 31.2. The smallest absolute Gasteiger partial charge is 0.462 e. The van der Waals surface area contributed by atoms with Crippen molar-refractivity contribution in [3.05, 3.63) is 0 Å². The van der Waals surface area contributed by atoms with Gasteiger partial charge in [-0.3, -0.25) is 37.3 Å². The molecular weight excluding hydrogens is 1270 g/mol. The lowest BCUT2D eigenvalue weighted by Crippen LogP contribution is -2.30. The largest absolute Gasteiger partial charge is 0.472 e. The summed E-state index contributed by atoms with van der Waals surface area (Å²) in [6.07, 6.45) is 55.4. The fourth-order valence-electron chi connectivity index (χ4n) is 11.9. The molecule has 576 valence electrons. The number of aliphatic hydroxyl groups excluding tert-OH is 1. The summed E-state index contributed by atoms with van der Waals surface area (Å²) in [4.78, 5) is 72.9. The Labute approximate surface area is 594 Å². The van der Waals surface area contributed by atoms with Crippen LogP contribution in [-0.4, -0.2) is 96.7 Å². The molecule has 0 saturated carbocycles. The first-order chi connectivity index (χ1) is 46.8. The quantitative estimate of drug-likeness (QED) is 0.0222. The number of ether oxygens (including phenoxy) is 4. The number of aliphatic hydroxyl groups is 1. The molecule has 0 aromatic heterocycles. The van der Waals surface area contributed by atoms with E-state index in [1.807, 2.05) is 0 Å². The van der Waals surface area contributed by atoms with Crippen LogP contribution in [0.25, 0.3) is 0 Å². The second-order valence-electron chi connectivity index (χ2n) is 28.8. The van der Waals surface area contributed by atoms with Crippen LogP contribution in [0.2, 0.25) is 0 Å². The van der Waals surface area contributed by atoms with Crippen molar-refractivity contribution in [3.8, 4) is 0 Å². The highest BCUT2D eigenvalue weighted by Crippen LogP contribution is 2.45. The topological polar surface area (TPSA) is 237 Å². The maximum absolute atomic E-state index is 13.1. The monoisotopic (exact) mass is 1420 g/mol. The van der Waals surface area contributed by atoms with Gasteiger partial charge < -0.3 is 33.8 Å². The number of phosphoric ester groups is 2. The van der Waals surface area contributed by atoms with E-state index in [1.165, 1.54) is 205 Å². The van der Waals surface area contributed by atoms with Crippen LogP contribution in [0.5, 0.6) is 0 Å². The Morgan fingerprint density at radius 2 is 0.495 bits per heavy atom. The summed E-state index contributed by atoms with van der Waals surface area (Å²) in [5.41, 5.74) is 0. The first kappa shape index (κ1) is 95.1. The number of unbranched alkanes of at least 4 members (excludes halogenated alkanes) is 41. The van der Waals surface area contributed by atoms with Gasteiger partial charge in [0.25, 0.3) is 0 Å². The highest BCUT2D eigenvalue weighted by Gasteiger charge is 2.30. The third-order valence-electron chi connectivity index (χ3n) is 19.2. The van der Waals surface area contributed by atoms with Gasteiger partial charge in [0.05, 0.1) is 26.4 Å². The summed E-state index contributed by atoms with van der Waals surface area (Å²) in [7, 11) is -9.92. The van der Waals surface area contributed by atoms with Gasteiger partial charge in [-0.05, 0) is 43.4 Å². The van der Waals surface area contributed by atoms with Crippen LogP contribution in [0.15, 0.2) is 0 Å². The molecule has 0 aliphatic carbocycles. The minimum atomic E-state index is -4.96. The number of phosphoric acid groups is 2. The first-order valence-electron chi connectivity index (χ1n) is 40.5.